The number of methoxy groups -OCH3 is 1. The summed E-state index contributed by atoms with van der Waals surface area (Å²) in [5.74, 6) is -1.16. The number of halogens is 1. The number of Topliss-reactive ketones (excluding diaryl/α,β-unsaturated/α-hetero) is 1. The van der Waals surface area contributed by atoms with Crippen molar-refractivity contribution in [1.29, 1.82) is 0 Å². The molecule has 0 N–H and O–H groups in total. The monoisotopic (exact) mass is 284 g/mol. The Morgan fingerprint density at radius 1 is 1.56 bits per heavy atom. The topological polar surface area (TPSA) is 52.6 Å². The summed E-state index contributed by atoms with van der Waals surface area (Å²) in [7, 11) is 1.26. The van der Waals surface area contributed by atoms with Crippen LogP contribution in [-0.4, -0.2) is 25.5 Å². The standard InChI is InChI=1S/C11H9BrO4/c1-15-11(14)8-5-16-9-4-6(12)2-3-7(9)10(8)13/h2-4,8H,5H2,1H3. The van der Waals surface area contributed by atoms with E-state index in [0.29, 0.717) is 11.3 Å². The molecule has 1 aliphatic heterocycles. The molecule has 0 fully saturated rings. The smallest absolute Gasteiger partial charge is 0.320 e. The van der Waals surface area contributed by atoms with E-state index in [1.807, 2.05) is 0 Å². The van der Waals surface area contributed by atoms with Gasteiger partial charge < -0.3 is 9.47 Å². The maximum atomic E-state index is 11.9. The zero-order chi connectivity index (χ0) is 11.7. The Kier molecular flexibility index (Phi) is 2.96. The molecule has 1 unspecified atom stereocenters. The molecule has 0 aromatic heterocycles. The Hall–Kier alpha value is -1.36. The Labute approximate surface area is 101 Å². The average Bonchev–Trinajstić information content (AvgIpc) is 2.28. The second-order valence-corrected chi connectivity index (χ2v) is 4.31. The first-order valence-electron chi connectivity index (χ1n) is 4.68. The number of carbonyl (C=O) groups is 2. The number of hydrogen-bond acceptors (Lipinski definition) is 4. The maximum Gasteiger partial charge on any atom is 0.320 e. The molecule has 5 heteroatoms. The van der Waals surface area contributed by atoms with Crippen LogP contribution in [-0.2, 0) is 9.53 Å². The van der Waals surface area contributed by atoms with E-state index in [2.05, 4.69) is 20.7 Å². The quantitative estimate of drug-likeness (QED) is 0.583. The zero-order valence-electron chi connectivity index (χ0n) is 8.53. The molecule has 2 rings (SSSR count). The van der Waals surface area contributed by atoms with Crippen molar-refractivity contribution in [2.75, 3.05) is 13.7 Å². The SMILES string of the molecule is COC(=O)C1COc2cc(Br)ccc2C1=O. The van der Waals surface area contributed by atoms with Gasteiger partial charge in [0.1, 0.15) is 12.4 Å². The summed E-state index contributed by atoms with van der Waals surface area (Å²) in [4.78, 5) is 23.3. The highest BCUT2D eigenvalue weighted by Gasteiger charge is 2.35. The van der Waals surface area contributed by atoms with E-state index >= 15 is 0 Å². The van der Waals surface area contributed by atoms with Crippen LogP contribution in [0.1, 0.15) is 10.4 Å². The van der Waals surface area contributed by atoms with Crippen LogP contribution < -0.4 is 4.74 Å². The van der Waals surface area contributed by atoms with Crippen LogP contribution in [0.3, 0.4) is 0 Å². The molecule has 0 saturated carbocycles. The van der Waals surface area contributed by atoms with E-state index < -0.39 is 11.9 Å². The third kappa shape index (κ3) is 1.82. The highest BCUT2D eigenvalue weighted by Crippen LogP contribution is 2.30. The van der Waals surface area contributed by atoms with Gasteiger partial charge in [0.15, 0.2) is 11.7 Å². The van der Waals surface area contributed by atoms with E-state index in [4.69, 9.17) is 4.74 Å². The molecule has 84 valence electrons. The summed E-state index contributed by atoms with van der Waals surface area (Å²) in [6.07, 6.45) is 0. The fraction of sp³-hybridized carbons (Fsp3) is 0.273. The van der Waals surface area contributed by atoms with Crippen molar-refractivity contribution >= 4 is 27.7 Å². The van der Waals surface area contributed by atoms with E-state index in [-0.39, 0.29) is 12.4 Å². The Balaban J connectivity index is 2.36. The lowest BCUT2D eigenvalue weighted by molar-refractivity contribution is -0.144. The molecule has 16 heavy (non-hydrogen) atoms. The van der Waals surface area contributed by atoms with Crippen LogP contribution in [0, 0.1) is 5.92 Å². The predicted molar refractivity (Wildman–Crippen MR) is 59.5 cm³/mol. The molecule has 1 heterocycles. The van der Waals surface area contributed by atoms with Gasteiger partial charge in [-0.05, 0) is 18.2 Å². The van der Waals surface area contributed by atoms with Crippen molar-refractivity contribution in [3.8, 4) is 5.75 Å². The number of hydrogen-bond donors (Lipinski definition) is 0. The minimum atomic E-state index is -0.848. The number of fused-ring (bicyclic) bond motifs is 1. The molecule has 0 saturated heterocycles. The van der Waals surface area contributed by atoms with Crippen LogP contribution in [0.5, 0.6) is 5.75 Å². The Bertz CT molecular complexity index is 455. The molecule has 1 aromatic rings. The van der Waals surface area contributed by atoms with Gasteiger partial charge in [0.2, 0.25) is 0 Å². The fourth-order valence-corrected chi connectivity index (χ4v) is 1.91. The average molecular weight is 285 g/mol. The first-order valence-corrected chi connectivity index (χ1v) is 5.47. The summed E-state index contributed by atoms with van der Waals surface area (Å²) in [5, 5.41) is 0. The number of rotatable bonds is 1. The minimum Gasteiger partial charge on any atom is -0.491 e. The highest BCUT2D eigenvalue weighted by molar-refractivity contribution is 9.10. The van der Waals surface area contributed by atoms with Gasteiger partial charge in [-0.15, -0.1) is 0 Å². The molecule has 0 spiro atoms. The summed E-state index contributed by atoms with van der Waals surface area (Å²) < 4.78 is 10.7. The number of ether oxygens (including phenoxy) is 2. The predicted octanol–water partition coefficient (Wildman–Crippen LogP) is 1.81. The zero-order valence-corrected chi connectivity index (χ0v) is 10.1. The molecule has 0 bridgehead atoms. The van der Waals surface area contributed by atoms with Crippen molar-refractivity contribution in [2.24, 2.45) is 5.92 Å². The van der Waals surface area contributed by atoms with Crippen molar-refractivity contribution in [3.05, 3.63) is 28.2 Å². The van der Waals surface area contributed by atoms with Crippen molar-refractivity contribution < 1.29 is 19.1 Å². The van der Waals surface area contributed by atoms with Crippen LogP contribution in [0.25, 0.3) is 0 Å². The van der Waals surface area contributed by atoms with Gasteiger partial charge in [-0.25, -0.2) is 0 Å². The number of esters is 1. The minimum absolute atomic E-state index is 0.0367. The molecule has 1 aliphatic rings. The van der Waals surface area contributed by atoms with Crippen molar-refractivity contribution in [3.63, 3.8) is 0 Å². The van der Waals surface area contributed by atoms with Crippen molar-refractivity contribution in [1.82, 2.24) is 0 Å². The van der Waals surface area contributed by atoms with E-state index in [9.17, 15) is 9.59 Å². The van der Waals surface area contributed by atoms with E-state index in [1.165, 1.54) is 7.11 Å². The van der Waals surface area contributed by atoms with Gasteiger partial charge >= 0.3 is 5.97 Å². The van der Waals surface area contributed by atoms with Crippen LogP contribution in [0.15, 0.2) is 22.7 Å². The lowest BCUT2D eigenvalue weighted by atomic mass is 9.95. The third-order valence-electron chi connectivity index (χ3n) is 2.42. The lowest BCUT2D eigenvalue weighted by Crippen LogP contribution is -2.34. The van der Waals surface area contributed by atoms with E-state index in [0.717, 1.165) is 4.47 Å². The molecule has 0 aliphatic carbocycles. The first-order chi connectivity index (χ1) is 7.63. The maximum absolute atomic E-state index is 11.9. The molecule has 1 atom stereocenters. The molecule has 0 radical (unpaired) electrons. The number of ketones is 1. The Morgan fingerprint density at radius 2 is 2.31 bits per heavy atom. The summed E-state index contributed by atoms with van der Waals surface area (Å²) in [5.41, 5.74) is 0.421. The van der Waals surface area contributed by atoms with Gasteiger partial charge in [0, 0.05) is 4.47 Å². The lowest BCUT2D eigenvalue weighted by Gasteiger charge is -2.22. The van der Waals surface area contributed by atoms with Crippen LogP contribution >= 0.6 is 15.9 Å². The summed E-state index contributed by atoms with van der Waals surface area (Å²) in [6, 6.07) is 5.08. The Morgan fingerprint density at radius 3 is 3.00 bits per heavy atom. The summed E-state index contributed by atoms with van der Waals surface area (Å²) >= 11 is 3.29. The van der Waals surface area contributed by atoms with Gasteiger partial charge in [-0.1, -0.05) is 15.9 Å². The van der Waals surface area contributed by atoms with Gasteiger partial charge in [0.25, 0.3) is 0 Å². The fourth-order valence-electron chi connectivity index (χ4n) is 1.57. The third-order valence-corrected chi connectivity index (χ3v) is 2.91. The molecular weight excluding hydrogens is 276 g/mol. The normalized spacial score (nSPS) is 18.6. The number of benzene rings is 1. The summed E-state index contributed by atoms with van der Waals surface area (Å²) in [6.45, 7) is 0.0367. The second-order valence-electron chi connectivity index (χ2n) is 3.39. The van der Waals surface area contributed by atoms with Gasteiger partial charge in [0.05, 0.1) is 12.7 Å². The largest absolute Gasteiger partial charge is 0.491 e. The van der Waals surface area contributed by atoms with Gasteiger partial charge in [-0.2, -0.15) is 0 Å². The molecule has 4 nitrogen and oxygen atoms in total. The number of carbonyl (C=O) groups excluding carboxylic acids is 2. The molecular formula is C11H9BrO4. The molecule has 1 aromatic carbocycles. The second kappa shape index (κ2) is 4.25. The first kappa shape index (κ1) is 11.1. The van der Waals surface area contributed by atoms with Crippen LogP contribution in [0.2, 0.25) is 0 Å². The van der Waals surface area contributed by atoms with Crippen molar-refractivity contribution in [2.45, 2.75) is 0 Å². The van der Waals surface area contributed by atoms with Crippen LogP contribution in [0.4, 0.5) is 0 Å². The highest BCUT2D eigenvalue weighted by atomic mass is 79.9. The molecule has 0 amide bonds. The van der Waals surface area contributed by atoms with E-state index in [1.54, 1.807) is 18.2 Å². The van der Waals surface area contributed by atoms with Gasteiger partial charge in [-0.3, -0.25) is 9.59 Å².